The predicted molar refractivity (Wildman–Crippen MR) is 69.9 cm³/mol. The van der Waals surface area contributed by atoms with Crippen LogP contribution in [-0.2, 0) is 12.8 Å². The minimum atomic E-state index is -4.43. The molecule has 1 nitrogen and oxygen atoms in total. The fourth-order valence-corrected chi connectivity index (χ4v) is 1.95. The van der Waals surface area contributed by atoms with Crippen LogP contribution in [0.3, 0.4) is 0 Å². The highest BCUT2D eigenvalue weighted by Gasteiger charge is 2.34. The van der Waals surface area contributed by atoms with Crippen LogP contribution in [0.1, 0.15) is 11.1 Å². The Morgan fingerprint density at radius 2 is 1.68 bits per heavy atom. The van der Waals surface area contributed by atoms with Crippen molar-refractivity contribution in [3.05, 3.63) is 64.1 Å². The molecule has 2 aromatic carbocycles. The largest absolute Gasteiger partial charge is 0.488 e. The van der Waals surface area contributed by atoms with Crippen LogP contribution in [0.4, 0.5) is 13.2 Å². The van der Waals surface area contributed by atoms with E-state index in [1.54, 1.807) is 12.1 Å². The van der Waals surface area contributed by atoms with Crippen LogP contribution in [0.2, 0.25) is 0 Å². The Hall–Kier alpha value is -1.49. The van der Waals surface area contributed by atoms with Crippen molar-refractivity contribution in [1.29, 1.82) is 0 Å². The molecule has 2 rings (SSSR count). The Labute approximate surface area is 117 Å². The van der Waals surface area contributed by atoms with Gasteiger partial charge in [0, 0.05) is 4.47 Å². The van der Waals surface area contributed by atoms with Crippen LogP contribution in [0.15, 0.2) is 53.0 Å². The highest BCUT2D eigenvalue weighted by molar-refractivity contribution is 9.10. The monoisotopic (exact) mass is 330 g/mol. The summed E-state index contributed by atoms with van der Waals surface area (Å²) in [5, 5.41) is 0. The average Bonchev–Trinajstić information content (AvgIpc) is 2.37. The highest BCUT2D eigenvalue weighted by atomic mass is 79.9. The maximum atomic E-state index is 12.9. The summed E-state index contributed by atoms with van der Waals surface area (Å²) in [5.74, 6) is -0.167. The van der Waals surface area contributed by atoms with Gasteiger partial charge in [0.1, 0.15) is 12.4 Å². The molecular formula is C14H10BrF3O. The van der Waals surface area contributed by atoms with E-state index in [9.17, 15) is 13.2 Å². The summed E-state index contributed by atoms with van der Waals surface area (Å²) < 4.78 is 44.2. The third kappa shape index (κ3) is 3.73. The number of hydrogen-bond acceptors (Lipinski definition) is 1. The lowest BCUT2D eigenvalue weighted by Gasteiger charge is -2.14. The van der Waals surface area contributed by atoms with E-state index >= 15 is 0 Å². The Kier molecular flexibility index (Phi) is 4.14. The summed E-state index contributed by atoms with van der Waals surface area (Å²) in [5.41, 5.74) is 0.0383. The van der Waals surface area contributed by atoms with Gasteiger partial charge in [0.2, 0.25) is 0 Å². The van der Waals surface area contributed by atoms with Crippen LogP contribution in [0.25, 0.3) is 0 Å². The molecule has 0 radical (unpaired) electrons. The first-order valence-electron chi connectivity index (χ1n) is 5.50. The average molecular weight is 331 g/mol. The van der Waals surface area contributed by atoms with Crippen molar-refractivity contribution in [2.45, 2.75) is 12.8 Å². The molecule has 5 heteroatoms. The molecule has 0 N–H and O–H groups in total. The summed E-state index contributed by atoms with van der Waals surface area (Å²) in [4.78, 5) is 0. The molecule has 0 saturated heterocycles. The van der Waals surface area contributed by atoms with Gasteiger partial charge in [-0.05, 0) is 23.8 Å². The Bertz CT molecular complexity index is 552. The SMILES string of the molecule is FC(F)(F)c1cc(Br)ccc1OCc1ccccc1. The number of rotatable bonds is 3. The summed E-state index contributed by atoms with van der Waals surface area (Å²) in [6.45, 7) is 0.103. The van der Waals surface area contributed by atoms with E-state index in [4.69, 9.17) is 4.74 Å². The second-order valence-corrected chi connectivity index (χ2v) is 4.83. The van der Waals surface area contributed by atoms with E-state index in [0.29, 0.717) is 4.47 Å². The van der Waals surface area contributed by atoms with Crippen LogP contribution < -0.4 is 4.74 Å². The van der Waals surface area contributed by atoms with E-state index < -0.39 is 11.7 Å². The van der Waals surface area contributed by atoms with Gasteiger partial charge >= 0.3 is 6.18 Å². The number of hydrogen-bond donors (Lipinski definition) is 0. The molecule has 0 spiro atoms. The van der Waals surface area contributed by atoms with Gasteiger partial charge in [-0.2, -0.15) is 13.2 Å². The van der Waals surface area contributed by atoms with E-state index in [0.717, 1.165) is 11.6 Å². The number of alkyl halides is 3. The van der Waals surface area contributed by atoms with E-state index in [2.05, 4.69) is 15.9 Å². The van der Waals surface area contributed by atoms with E-state index in [-0.39, 0.29) is 12.4 Å². The molecule has 0 amide bonds. The molecule has 0 aliphatic heterocycles. The lowest BCUT2D eigenvalue weighted by molar-refractivity contribution is -0.139. The van der Waals surface area contributed by atoms with Crippen LogP contribution in [0.5, 0.6) is 5.75 Å². The number of benzene rings is 2. The summed E-state index contributed by atoms with van der Waals surface area (Å²) in [6.07, 6.45) is -4.43. The molecule has 0 fully saturated rings. The van der Waals surface area contributed by atoms with Gasteiger partial charge in [-0.3, -0.25) is 0 Å². The Morgan fingerprint density at radius 1 is 1.00 bits per heavy atom. The quantitative estimate of drug-likeness (QED) is 0.765. The summed E-state index contributed by atoms with van der Waals surface area (Å²) in [6, 6.07) is 12.9. The zero-order valence-electron chi connectivity index (χ0n) is 9.75. The summed E-state index contributed by atoms with van der Waals surface area (Å²) >= 11 is 3.03. The first kappa shape index (κ1) is 13.9. The maximum Gasteiger partial charge on any atom is 0.420 e. The molecule has 0 atom stereocenters. The lowest BCUT2D eigenvalue weighted by Crippen LogP contribution is -2.08. The molecule has 0 heterocycles. The molecule has 2 aromatic rings. The molecule has 0 aliphatic rings. The van der Waals surface area contributed by atoms with Crippen molar-refractivity contribution < 1.29 is 17.9 Å². The summed E-state index contributed by atoms with van der Waals surface area (Å²) in [7, 11) is 0. The van der Waals surface area contributed by atoms with Gasteiger partial charge in [-0.25, -0.2) is 0 Å². The predicted octanol–water partition coefficient (Wildman–Crippen LogP) is 5.05. The van der Waals surface area contributed by atoms with Gasteiger partial charge in [0.05, 0.1) is 5.56 Å². The molecule has 0 unspecified atom stereocenters. The molecule has 0 aromatic heterocycles. The van der Waals surface area contributed by atoms with Crippen molar-refractivity contribution in [2.75, 3.05) is 0 Å². The van der Waals surface area contributed by atoms with Crippen molar-refractivity contribution in [2.24, 2.45) is 0 Å². The van der Waals surface area contributed by atoms with Gasteiger partial charge in [0.15, 0.2) is 0 Å². The van der Waals surface area contributed by atoms with Crippen LogP contribution in [0, 0.1) is 0 Å². The molecule has 0 aliphatic carbocycles. The molecule has 19 heavy (non-hydrogen) atoms. The first-order chi connectivity index (χ1) is 8.97. The van der Waals surface area contributed by atoms with Crippen molar-refractivity contribution >= 4 is 15.9 Å². The van der Waals surface area contributed by atoms with Crippen molar-refractivity contribution in [1.82, 2.24) is 0 Å². The van der Waals surface area contributed by atoms with Crippen molar-refractivity contribution in [3.8, 4) is 5.75 Å². The lowest BCUT2D eigenvalue weighted by atomic mass is 10.2. The second kappa shape index (κ2) is 5.65. The standard InChI is InChI=1S/C14H10BrF3O/c15-11-6-7-13(12(8-11)14(16,17)18)19-9-10-4-2-1-3-5-10/h1-8H,9H2. The van der Waals surface area contributed by atoms with E-state index in [1.807, 2.05) is 18.2 Å². The van der Waals surface area contributed by atoms with Crippen LogP contribution in [-0.4, -0.2) is 0 Å². The smallest absolute Gasteiger partial charge is 0.420 e. The zero-order valence-corrected chi connectivity index (χ0v) is 11.3. The maximum absolute atomic E-state index is 12.9. The number of ether oxygens (including phenoxy) is 1. The fourth-order valence-electron chi connectivity index (χ4n) is 1.58. The third-order valence-electron chi connectivity index (χ3n) is 2.48. The normalized spacial score (nSPS) is 11.4. The minimum absolute atomic E-state index is 0.103. The molecule has 100 valence electrons. The Morgan fingerprint density at radius 3 is 2.32 bits per heavy atom. The van der Waals surface area contributed by atoms with Gasteiger partial charge in [0.25, 0.3) is 0 Å². The molecule has 0 saturated carbocycles. The zero-order chi connectivity index (χ0) is 13.9. The van der Waals surface area contributed by atoms with Gasteiger partial charge < -0.3 is 4.74 Å². The van der Waals surface area contributed by atoms with Crippen molar-refractivity contribution in [3.63, 3.8) is 0 Å². The fraction of sp³-hybridized carbons (Fsp3) is 0.143. The molecule has 0 bridgehead atoms. The second-order valence-electron chi connectivity index (χ2n) is 3.91. The Balaban J connectivity index is 2.21. The topological polar surface area (TPSA) is 9.23 Å². The van der Waals surface area contributed by atoms with E-state index in [1.165, 1.54) is 12.1 Å². The van der Waals surface area contributed by atoms with Gasteiger partial charge in [-0.1, -0.05) is 46.3 Å². The minimum Gasteiger partial charge on any atom is -0.488 e. The molecular weight excluding hydrogens is 321 g/mol. The van der Waals surface area contributed by atoms with Crippen LogP contribution >= 0.6 is 15.9 Å². The highest BCUT2D eigenvalue weighted by Crippen LogP contribution is 2.38. The third-order valence-corrected chi connectivity index (χ3v) is 2.98. The number of halogens is 4. The van der Waals surface area contributed by atoms with Gasteiger partial charge in [-0.15, -0.1) is 0 Å². The first-order valence-corrected chi connectivity index (χ1v) is 6.29.